The molecule has 0 aliphatic rings. The summed E-state index contributed by atoms with van der Waals surface area (Å²) < 4.78 is 15.1. The van der Waals surface area contributed by atoms with Crippen LogP contribution in [0.25, 0.3) is 0 Å². The van der Waals surface area contributed by atoms with E-state index in [0.717, 1.165) is 32.5 Å². The van der Waals surface area contributed by atoms with Crippen LogP contribution in [0.3, 0.4) is 0 Å². The van der Waals surface area contributed by atoms with Crippen LogP contribution in [0, 0.1) is 11.2 Å². The van der Waals surface area contributed by atoms with Gasteiger partial charge in [0.25, 0.3) is 0 Å². The molecule has 382 valence electrons. The summed E-state index contributed by atoms with van der Waals surface area (Å²) in [5.74, 6) is -11.0. The third kappa shape index (κ3) is 16.8. The van der Waals surface area contributed by atoms with Crippen molar-refractivity contribution in [3.05, 3.63) is 59.7 Å². The number of aromatic nitrogens is 6. The van der Waals surface area contributed by atoms with Crippen LogP contribution >= 0.6 is 0 Å². The van der Waals surface area contributed by atoms with E-state index in [1.807, 2.05) is 5.32 Å². The van der Waals surface area contributed by atoms with E-state index in [1.54, 1.807) is 6.20 Å². The zero-order chi connectivity index (χ0) is 52.3. The molecule has 0 aliphatic carbocycles. The zero-order valence-electron chi connectivity index (χ0n) is 38.6. The number of nitrogens with zero attached hydrogens (tertiary/aromatic N) is 4. The fourth-order valence-corrected chi connectivity index (χ4v) is 6.30. The van der Waals surface area contributed by atoms with E-state index in [9.17, 15) is 63.3 Å². The Hall–Kier alpha value is -7.79. The first-order chi connectivity index (χ1) is 32.9. The van der Waals surface area contributed by atoms with E-state index in [4.69, 9.17) is 5.11 Å². The van der Waals surface area contributed by atoms with Gasteiger partial charge in [-0.05, 0) is 46.2 Å². The molecule has 3 rings (SSSR count). The van der Waals surface area contributed by atoms with Crippen molar-refractivity contribution in [3.63, 3.8) is 0 Å². The average Bonchev–Trinajstić information content (AvgIpc) is 4.03. The predicted molar refractivity (Wildman–Crippen MR) is 235 cm³/mol. The van der Waals surface area contributed by atoms with Crippen LogP contribution in [0.2, 0.25) is 0 Å². The number of aromatic amines is 2. The summed E-state index contributed by atoms with van der Waals surface area (Å²) in [4.78, 5) is 136. The fraction of sp³-hybridized carbons (Fsp3) is 0.512. The molecule has 28 nitrogen and oxygen atoms in total. The molecule has 0 saturated heterocycles. The molecule has 70 heavy (non-hydrogen) atoms. The number of nitrogens with one attached hydrogen (secondary N) is 10. The Morgan fingerprint density at radius 3 is 2.06 bits per heavy atom. The van der Waals surface area contributed by atoms with Gasteiger partial charge in [0.1, 0.15) is 47.2 Å². The van der Waals surface area contributed by atoms with Crippen molar-refractivity contribution in [2.45, 2.75) is 108 Å². The van der Waals surface area contributed by atoms with Crippen molar-refractivity contribution >= 4 is 59.5 Å². The molecule has 29 heteroatoms. The van der Waals surface area contributed by atoms with Gasteiger partial charge in [-0.25, -0.2) is 9.37 Å². The van der Waals surface area contributed by atoms with Crippen molar-refractivity contribution in [2.24, 2.45) is 5.41 Å². The number of amides is 8. The number of aliphatic carboxylic acids is 1. The van der Waals surface area contributed by atoms with Crippen LogP contribution in [0.15, 0.2) is 36.8 Å². The second-order valence-electron chi connectivity index (χ2n) is 16.6. The number of rotatable bonds is 28. The number of carbonyl (C=O) groups is 10. The van der Waals surface area contributed by atoms with Crippen molar-refractivity contribution < 1.29 is 72.8 Å². The minimum absolute atomic E-state index is 0.0408. The van der Waals surface area contributed by atoms with Gasteiger partial charge in [-0.15, -0.1) is 10.2 Å². The molecule has 14 N–H and O–H groups in total. The number of tetrazole rings is 1. The van der Waals surface area contributed by atoms with Gasteiger partial charge in [0.2, 0.25) is 47.3 Å². The average molecular weight is 989 g/mol. The summed E-state index contributed by atoms with van der Waals surface area (Å²) in [5.41, 5.74) is -3.44. The Kier molecular flexibility index (Phi) is 21.1. The lowest BCUT2D eigenvalue weighted by Gasteiger charge is -2.34. The molecule has 8 amide bonds. The highest BCUT2D eigenvalue weighted by atomic mass is 19.1. The topological polar surface area (TPSA) is 431 Å². The normalized spacial score (nSPS) is 15.1. The highest BCUT2D eigenvalue weighted by Crippen LogP contribution is 2.19. The highest BCUT2D eigenvalue weighted by molar-refractivity contribution is 6.05. The van der Waals surface area contributed by atoms with Gasteiger partial charge in [0.05, 0.1) is 44.1 Å². The van der Waals surface area contributed by atoms with Crippen molar-refractivity contribution in [1.82, 2.24) is 73.1 Å². The van der Waals surface area contributed by atoms with Crippen LogP contribution in [-0.2, 0) is 67.2 Å². The first kappa shape index (κ1) is 56.5. The minimum atomic E-state index is -2.29. The SMILES string of the molecule is C[C@@H](O)[C@H](NC(=O)CNC(=O)[C@H](Cc1nn[nH]n1)NC(=O)C(C)(C)C(=O)NCCc1cnc[nH]1)C(=O)N[C@@](C)(Cc1ccccc1F)C(=O)N[C@H](C(=O)N[C@@H](CO)C(=O)NC(C=O)CC(=O)O)[C@@H](C)O. The van der Waals surface area contributed by atoms with E-state index in [1.165, 1.54) is 38.4 Å². The third-order valence-electron chi connectivity index (χ3n) is 10.4. The highest BCUT2D eigenvalue weighted by Gasteiger charge is 2.42. The quantitative estimate of drug-likeness (QED) is 0.0238. The molecular formula is C41H57FN14O14. The van der Waals surface area contributed by atoms with Crippen molar-refractivity contribution in [2.75, 3.05) is 19.7 Å². The van der Waals surface area contributed by atoms with Crippen LogP contribution < -0.4 is 42.5 Å². The number of hydrogen-bond acceptors (Lipinski definition) is 17. The van der Waals surface area contributed by atoms with Crippen LogP contribution in [0.5, 0.6) is 0 Å². The Morgan fingerprint density at radius 2 is 1.49 bits per heavy atom. The molecule has 0 bridgehead atoms. The summed E-state index contributed by atoms with van der Waals surface area (Å²) in [7, 11) is 0. The van der Waals surface area contributed by atoms with Crippen LogP contribution in [0.4, 0.5) is 4.39 Å². The maximum absolute atomic E-state index is 15.1. The summed E-state index contributed by atoms with van der Waals surface area (Å²) in [6, 6.07) is -3.69. The maximum atomic E-state index is 15.1. The number of aldehydes is 1. The monoisotopic (exact) mass is 988 g/mol. The molecular weight excluding hydrogens is 932 g/mol. The fourth-order valence-electron chi connectivity index (χ4n) is 6.30. The number of H-pyrrole nitrogens is 2. The van der Waals surface area contributed by atoms with Gasteiger partial charge in [-0.3, -0.25) is 43.2 Å². The smallest absolute Gasteiger partial charge is 0.305 e. The van der Waals surface area contributed by atoms with Crippen molar-refractivity contribution in [1.29, 1.82) is 0 Å². The second kappa shape index (κ2) is 26.1. The number of aliphatic hydroxyl groups is 3. The summed E-state index contributed by atoms with van der Waals surface area (Å²) in [5, 5.41) is 71.4. The summed E-state index contributed by atoms with van der Waals surface area (Å²) in [6.45, 7) is 4.02. The predicted octanol–water partition coefficient (Wildman–Crippen LogP) is -5.93. The lowest BCUT2D eigenvalue weighted by atomic mass is 9.90. The number of carbonyl (C=O) groups excluding carboxylic acids is 9. The molecule has 1 unspecified atom stereocenters. The molecule has 0 spiro atoms. The number of hydrogen-bond donors (Lipinski definition) is 14. The van der Waals surface area contributed by atoms with Crippen LogP contribution in [-0.4, -0.2) is 178 Å². The lowest BCUT2D eigenvalue weighted by molar-refractivity contribution is -0.143. The molecule has 3 aromatic rings. The zero-order valence-corrected chi connectivity index (χ0v) is 38.6. The molecule has 2 heterocycles. The largest absolute Gasteiger partial charge is 0.481 e. The first-order valence-electron chi connectivity index (χ1n) is 21.4. The minimum Gasteiger partial charge on any atom is -0.481 e. The molecule has 0 saturated carbocycles. The summed E-state index contributed by atoms with van der Waals surface area (Å²) in [6.07, 6.45) is -1.83. The van der Waals surface area contributed by atoms with Gasteiger partial charge in [0.15, 0.2) is 5.82 Å². The number of carboxylic acid groups (broad SMARTS) is 1. The summed E-state index contributed by atoms with van der Waals surface area (Å²) >= 11 is 0. The van der Waals surface area contributed by atoms with Gasteiger partial charge in [-0.1, -0.05) is 23.4 Å². The Labute approximate surface area is 397 Å². The molecule has 1 aromatic carbocycles. The number of aliphatic hydroxyl groups excluding tert-OH is 3. The van der Waals surface area contributed by atoms with Gasteiger partial charge in [-0.2, -0.15) is 5.21 Å². The van der Waals surface area contributed by atoms with E-state index in [0.29, 0.717) is 6.42 Å². The van der Waals surface area contributed by atoms with Gasteiger partial charge < -0.3 is 72.7 Å². The lowest BCUT2D eigenvalue weighted by Crippen LogP contribution is -2.67. The van der Waals surface area contributed by atoms with Crippen molar-refractivity contribution in [3.8, 4) is 0 Å². The maximum Gasteiger partial charge on any atom is 0.305 e. The number of halogens is 1. The third-order valence-corrected chi connectivity index (χ3v) is 10.4. The van der Waals surface area contributed by atoms with E-state index < -0.39 is 138 Å². The second-order valence-corrected chi connectivity index (χ2v) is 16.6. The Balaban J connectivity index is 1.78. The number of carboxylic acids is 1. The van der Waals surface area contributed by atoms with Crippen LogP contribution in [0.1, 0.15) is 58.1 Å². The van der Waals surface area contributed by atoms with E-state index in [-0.39, 0.29) is 30.6 Å². The van der Waals surface area contributed by atoms with Gasteiger partial charge >= 0.3 is 5.97 Å². The van der Waals surface area contributed by atoms with E-state index >= 15 is 4.39 Å². The first-order valence-corrected chi connectivity index (χ1v) is 21.4. The molecule has 0 aliphatic heterocycles. The molecule has 0 radical (unpaired) electrons. The van der Waals surface area contributed by atoms with Gasteiger partial charge in [0, 0.05) is 37.7 Å². The number of benzene rings is 1. The Bertz CT molecular complexity index is 2310. The Morgan fingerprint density at radius 1 is 0.814 bits per heavy atom. The standard InChI is InChI=1S/C41H57FN14O14/c1-20(59)31(35(66)48-27(18-58)34(65)47-24(17-57)12-30(62)63)51-39(70)41(5,14-22-8-6-7-9-25(22)42)52-36(67)32(21(2)60)50-29(61)16-45-33(64)26(13-28-53-55-56-54-28)49-38(69)40(3,4)37(68)44-11-10-23-15-43-19-46-23/h6-9,15,17,19-21,24,26-27,31-32,58-60H,10-14,16,18H2,1-5H3,(H,43,46)(H,44,68)(H,45,64)(H,47,65)(H,48,66)(H,49,69)(H,50,61)(H,51,70)(H,52,67)(H,62,63)(H,53,54,55,56)/t20-,21-,24?,26+,27+,31+,32+,41+/m1/s1. The number of imidazole rings is 1. The van der Waals surface area contributed by atoms with E-state index in [2.05, 4.69) is 67.8 Å². The molecule has 0 fully saturated rings. The molecule has 2 aromatic heterocycles. The molecule has 8 atom stereocenters.